The predicted molar refractivity (Wildman–Crippen MR) is 67.1 cm³/mol. The summed E-state index contributed by atoms with van der Waals surface area (Å²) in [6.07, 6.45) is 1.69. The van der Waals surface area contributed by atoms with Crippen LogP contribution in [0, 0.1) is 0 Å². The quantitative estimate of drug-likeness (QED) is 0.867. The Morgan fingerprint density at radius 2 is 2.12 bits per heavy atom. The van der Waals surface area contributed by atoms with Gasteiger partial charge in [0, 0.05) is 26.1 Å². The fraction of sp³-hybridized carbons (Fsp3) is 0.500. The molecule has 2 rings (SSSR count). The highest BCUT2D eigenvalue weighted by atomic mass is 32.1. The highest BCUT2D eigenvalue weighted by molar-refractivity contribution is 7.12. The summed E-state index contributed by atoms with van der Waals surface area (Å²) < 4.78 is 0. The number of rotatable bonds is 2. The van der Waals surface area contributed by atoms with Crippen LogP contribution in [0.5, 0.6) is 0 Å². The minimum absolute atomic E-state index is 0.00744. The van der Waals surface area contributed by atoms with Crippen molar-refractivity contribution in [1.29, 1.82) is 0 Å². The molecule has 1 saturated heterocycles. The average molecular weight is 252 g/mol. The lowest BCUT2D eigenvalue weighted by Crippen LogP contribution is -2.45. The summed E-state index contributed by atoms with van der Waals surface area (Å²) in [6.45, 7) is 2.98. The van der Waals surface area contributed by atoms with Crippen molar-refractivity contribution in [2.75, 3.05) is 13.1 Å². The van der Waals surface area contributed by atoms with Crippen molar-refractivity contribution in [1.82, 2.24) is 10.2 Å². The maximum atomic E-state index is 12.0. The summed E-state index contributed by atoms with van der Waals surface area (Å²) in [6, 6.07) is 3.97. The van der Waals surface area contributed by atoms with Gasteiger partial charge in [-0.15, -0.1) is 11.3 Å². The summed E-state index contributed by atoms with van der Waals surface area (Å²) in [5, 5.41) is 4.82. The van der Waals surface area contributed by atoms with Gasteiger partial charge in [0.2, 0.25) is 5.91 Å². The van der Waals surface area contributed by atoms with E-state index in [4.69, 9.17) is 0 Å². The molecule has 0 atom stereocenters. The summed E-state index contributed by atoms with van der Waals surface area (Å²) >= 11 is 1.48. The Labute approximate surface area is 105 Å². The predicted octanol–water partition coefficient (Wildman–Crippen LogP) is 1.49. The largest absolute Gasteiger partial charge is 0.353 e. The van der Waals surface area contributed by atoms with E-state index in [1.54, 1.807) is 0 Å². The van der Waals surface area contributed by atoms with E-state index in [1.807, 2.05) is 22.4 Å². The van der Waals surface area contributed by atoms with E-state index in [0.717, 1.165) is 30.8 Å². The molecule has 17 heavy (non-hydrogen) atoms. The van der Waals surface area contributed by atoms with Gasteiger partial charge >= 0.3 is 0 Å². The van der Waals surface area contributed by atoms with Crippen molar-refractivity contribution in [3.05, 3.63) is 22.4 Å². The molecule has 0 spiro atoms. The third-order valence-electron chi connectivity index (χ3n) is 2.92. The first kappa shape index (κ1) is 12.1. The molecule has 5 heteroatoms. The zero-order chi connectivity index (χ0) is 12.3. The van der Waals surface area contributed by atoms with Crippen LogP contribution in [0.15, 0.2) is 17.5 Å². The van der Waals surface area contributed by atoms with E-state index in [1.165, 1.54) is 18.3 Å². The van der Waals surface area contributed by atoms with Crippen LogP contribution >= 0.6 is 11.3 Å². The van der Waals surface area contributed by atoms with Gasteiger partial charge in [-0.2, -0.15) is 0 Å². The number of nitrogens with one attached hydrogen (secondary N) is 1. The molecule has 1 fully saturated rings. The molecule has 1 N–H and O–H groups in total. The molecule has 1 aliphatic heterocycles. The van der Waals surface area contributed by atoms with Crippen molar-refractivity contribution in [2.45, 2.75) is 25.8 Å². The molecule has 0 bridgehead atoms. The van der Waals surface area contributed by atoms with Crippen LogP contribution in [-0.2, 0) is 4.79 Å². The van der Waals surface area contributed by atoms with E-state index >= 15 is 0 Å². The third-order valence-corrected chi connectivity index (χ3v) is 3.78. The van der Waals surface area contributed by atoms with Crippen LogP contribution < -0.4 is 5.32 Å². The molecule has 0 unspecified atom stereocenters. The third kappa shape index (κ3) is 3.06. The number of carbonyl (C=O) groups excluding carboxylic acids is 2. The number of amides is 2. The molecule has 2 heterocycles. The fourth-order valence-electron chi connectivity index (χ4n) is 2.07. The molecule has 1 aromatic heterocycles. The van der Waals surface area contributed by atoms with E-state index < -0.39 is 0 Å². The first-order valence-corrected chi connectivity index (χ1v) is 6.64. The number of likely N-dealkylation sites (tertiary alicyclic amines) is 1. The van der Waals surface area contributed by atoms with Crippen LogP contribution in [0.4, 0.5) is 0 Å². The topological polar surface area (TPSA) is 49.4 Å². The van der Waals surface area contributed by atoms with Gasteiger partial charge in [0.25, 0.3) is 5.91 Å². The Morgan fingerprint density at radius 1 is 1.41 bits per heavy atom. The molecule has 0 saturated carbocycles. The van der Waals surface area contributed by atoms with E-state index in [0.29, 0.717) is 0 Å². The molecule has 1 aromatic rings. The molecule has 0 aliphatic carbocycles. The van der Waals surface area contributed by atoms with Crippen LogP contribution in [0.3, 0.4) is 0 Å². The normalized spacial score (nSPS) is 16.9. The lowest BCUT2D eigenvalue weighted by Gasteiger charge is -2.31. The molecule has 4 nitrogen and oxygen atoms in total. The van der Waals surface area contributed by atoms with Crippen molar-refractivity contribution >= 4 is 23.2 Å². The standard InChI is InChI=1S/C12H16N2O2S/c1-9(15)13-10-4-6-14(7-5-10)12(16)11-3-2-8-17-11/h2-3,8,10H,4-7H2,1H3,(H,13,15). The minimum Gasteiger partial charge on any atom is -0.353 e. The molecule has 1 aliphatic rings. The van der Waals surface area contributed by atoms with Gasteiger partial charge in [0.15, 0.2) is 0 Å². The van der Waals surface area contributed by atoms with Crippen LogP contribution in [0.1, 0.15) is 29.4 Å². The summed E-state index contributed by atoms with van der Waals surface area (Å²) in [4.78, 5) is 25.6. The van der Waals surface area contributed by atoms with Gasteiger partial charge in [0.1, 0.15) is 0 Å². The Balaban J connectivity index is 1.87. The lowest BCUT2D eigenvalue weighted by molar-refractivity contribution is -0.119. The lowest BCUT2D eigenvalue weighted by atomic mass is 10.0. The van der Waals surface area contributed by atoms with Crippen molar-refractivity contribution in [3.8, 4) is 0 Å². The van der Waals surface area contributed by atoms with E-state index in [9.17, 15) is 9.59 Å². The van der Waals surface area contributed by atoms with Gasteiger partial charge < -0.3 is 10.2 Å². The minimum atomic E-state index is 0.00744. The molecule has 0 radical (unpaired) electrons. The Morgan fingerprint density at radius 3 is 2.65 bits per heavy atom. The average Bonchev–Trinajstić information content (AvgIpc) is 2.82. The number of hydrogen-bond donors (Lipinski definition) is 1. The fourth-order valence-corrected chi connectivity index (χ4v) is 2.76. The van der Waals surface area contributed by atoms with Crippen molar-refractivity contribution in [2.24, 2.45) is 0 Å². The second-order valence-corrected chi connectivity index (χ2v) is 5.19. The highest BCUT2D eigenvalue weighted by Crippen LogP contribution is 2.16. The van der Waals surface area contributed by atoms with Crippen molar-refractivity contribution in [3.63, 3.8) is 0 Å². The van der Waals surface area contributed by atoms with Gasteiger partial charge in [-0.25, -0.2) is 0 Å². The second-order valence-electron chi connectivity index (χ2n) is 4.24. The second kappa shape index (κ2) is 5.31. The maximum absolute atomic E-state index is 12.0. The summed E-state index contributed by atoms with van der Waals surface area (Å²) in [5.41, 5.74) is 0. The highest BCUT2D eigenvalue weighted by Gasteiger charge is 2.24. The van der Waals surface area contributed by atoms with Gasteiger partial charge in [0.05, 0.1) is 4.88 Å². The molecular weight excluding hydrogens is 236 g/mol. The zero-order valence-corrected chi connectivity index (χ0v) is 10.6. The van der Waals surface area contributed by atoms with Crippen molar-refractivity contribution < 1.29 is 9.59 Å². The zero-order valence-electron chi connectivity index (χ0n) is 9.81. The van der Waals surface area contributed by atoms with Gasteiger partial charge in [-0.3, -0.25) is 9.59 Å². The SMILES string of the molecule is CC(=O)NC1CCN(C(=O)c2cccs2)CC1. The van der Waals surface area contributed by atoms with Crippen LogP contribution in [-0.4, -0.2) is 35.8 Å². The smallest absolute Gasteiger partial charge is 0.263 e. The first-order valence-electron chi connectivity index (χ1n) is 5.76. The first-order chi connectivity index (χ1) is 8.16. The number of hydrogen-bond acceptors (Lipinski definition) is 3. The summed E-state index contributed by atoms with van der Waals surface area (Å²) in [5.74, 6) is 0.120. The number of carbonyl (C=O) groups is 2. The summed E-state index contributed by atoms with van der Waals surface area (Å²) in [7, 11) is 0. The maximum Gasteiger partial charge on any atom is 0.263 e. The molecular formula is C12H16N2O2S. The van der Waals surface area contributed by atoms with Crippen LogP contribution in [0.2, 0.25) is 0 Å². The van der Waals surface area contributed by atoms with Crippen LogP contribution in [0.25, 0.3) is 0 Å². The Bertz CT molecular complexity index is 395. The monoisotopic (exact) mass is 252 g/mol. The van der Waals surface area contributed by atoms with E-state index in [2.05, 4.69) is 5.32 Å². The number of nitrogens with zero attached hydrogens (tertiary/aromatic N) is 1. The molecule has 92 valence electrons. The Hall–Kier alpha value is -1.36. The van der Waals surface area contributed by atoms with Gasteiger partial charge in [-0.1, -0.05) is 6.07 Å². The molecule has 2 amide bonds. The van der Waals surface area contributed by atoms with E-state index in [-0.39, 0.29) is 17.9 Å². The van der Waals surface area contributed by atoms with Gasteiger partial charge in [-0.05, 0) is 24.3 Å². The number of thiophene rings is 1. The number of piperidine rings is 1. The molecule has 0 aromatic carbocycles. The Kier molecular flexibility index (Phi) is 3.78.